The number of halogens is 1. The Kier molecular flexibility index (Phi) is 6.05. The molecule has 0 bridgehead atoms. The largest absolute Gasteiger partial charge is 0.492 e. The molecular weight excluding hydrogens is 360 g/mol. The van der Waals surface area contributed by atoms with Crippen LogP contribution in [0.4, 0.5) is 0 Å². The minimum Gasteiger partial charge on any atom is -0.492 e. The van der Waals surface area contributed by atoms with Gasteiger partial charge in [-0.3, -0.25) is 4.79 Å². The van der Waals surface area contributed by atoms with Crippen molar-refractivity contribution in [3.63, 3.8) is 0 Å². The third-order valence-corrected chi connectivity index (χ3v) is 4.18. The summed E-state index contributed by atoms with van der Waals surface area (Å²) < 4.78 is 11.6. The Balaban J connectivity index is 2.35. The summed E-state index contributed by atoms with van der Waals surface area (Å²) in [6.45, 7) is 3.81. The number of rotatable bonds is 5. The van der Waals surface area contributed by atoms with Gasteiger partial charge in [-0.05, 0) is 59.5 Å². The van der Waals surface area contributed by atoms with Gasteiger partial charge in [-0.1, -0.05) is 0 Å². The van der Waals surface area contributed by atoms with Crippen molar-refractivity contribution in [2.24, 2.45) is 0 Å². The van der Waals surface area contributed by atoms with Crippen molar-refractivity contribution in [3.05, 3.63) is 27.7 Å². The third kappa shape index (κ3) is 4.05. The van der Waals surface area contributed by atoms with Crippen LogP contribution in [0.3, 0.4) is 0 Å². The maximum absolute atomic E-state index is 12.4. The molecule has 5 nitrogen and oxygen atoms in total. The lowest BCUT2D eigenvalue weighted by Gasteiger charge is -2.15. The lowest BCUT2D eigenvalue weighted by molar-refractivity contribution is -0.125. The summed E-state index contributed by atoms with van der Waals surface area (Å²) in [7, 11) is 1.57. The second-order valence-electron chi connectivity index (χ2n) is 5.14. The fourth-order valence-corrected chi connectivity index (χ4v) is 3.15. The Morgan fingerprint density at radius 3 is 2.70 bits per heavy atom. The Morgan fingerprint density at radius 1 is 1.43 bits per heavy atom. The number of benzene rings is 1. The van der Waals surface area contributed by atoms with Gasteiger partial charge in [0.05, 0.1) is 18.2 Å². The van der Waals surface area contributed by atoms with Crippen LogP contribution in [0.25, 0.3) is 6.08 Å². The van der Waals surface area contributed by atoms with Gasteiger partial charge >= 0.3 is 0 Å². The topological polar surface area (TPSA) is 62.6 Å². The normalized spacial score (nSPS) is 14.5. The van der Waals surface area contributed by atoms with E-state index in [4.69, 9.17) is 9.47 Å². The van der Waals surface area contributed by atoms with E-state index in [1.165, 1.54) is 0 Å². The molecule has 1 saturated heterocycles. The molecule has 1 aliphatic rings. The summed E-state index contributed by atoms with van der Waals surface area (Å²) in [6.07, 6.45) is 3.58. The highest BCUT2D eigenvalue weighted by Crippen LogP contribution is 2.37. The van der Waals surface area contributed by atoms with Crippen LogP contribution in [0.1, 0.15) is 25.3 Å². The third-order valence-electron chi connectivity index (χ3n) is 3.59. The number of carbonyl (C=O) groups excluding carboxylic acids is 1. The highest BCUT2D eigenvalue weighted by molar-refractivity contribution is 9.10. The zero-order valence-corrected chi connectivity index (χ0v) is 14.9. The summed E-state index contributed by atoms with van der Waals surface area (Å²) in [5.41, 5.74) is 0.844. The van der Waals surface area contributed by atoms with Gasteiger partial charge in [0.1, 0.15) is 11.6 Å². The molecule has 122 valence electrons. The molecule has 0 atom stereocenters. The minimum absolute atomic E-state index is 0.131. The SMILES string of the molecule is CCOc1cc(/C=C(\C#N)C(=O)N2CCCC2)cc(Br)c1OC. The summed E-state index contributed by atoms with van der Waals surface area (Å²) >= 11 is 3.43. The van der Waals surface area contributed by atoms with Crippen LogP contribution in [0, 0.1) is 11.3 Å². The first-order valence-corrected chi connectivity index (χ1v) is 8.31. The van der Waals surface area contributed by atoms with E-state index in [1.807, 2.05) is 13.0 Å². The highest BCUT2D eigenvalue weighted by Gasteiger charge is 2.21. The van der Waals surface area contributed by atoms with Crippen molar-refractivity contribution in [2.75, 3.05) is 26.8 Å². The van der Waals surface area contributed by atoms with Crippen molar-refractivity contribution in [1.82, 2.24) is 4.90 Å². The standard InChI is InChI=1S/C17H19BrN2O3/c1-3-23-15-10-12(9-14(18)16(15)22-2)8-13(11-19)17(21)20-6-4-5-7-20/h8-10H,3-7H2,1-2H3/b13-8+. The van der Waals surface area contributed by atoms with Crippen molar-refractivity contribution >= 4 is 27.9 Å². The molecule has 1 aliphatic heterocycles. The number of hydrogen-bond donors (Lipinski definition) is 0. The zero-order valence-electron chi connectivity index (χ0n) is 13.3. The average Bonchev–Trinajstić information content (AvgIpc) is 3.06. The van der Waals surface area contributed by atoms with Crippen molar-refractivity contribution in [1.29, 1.82) is 5.26 Å². The van der Waals surface area contributed by atoms with Crippen LogP contribution < -0.4 is 9.47 Å². The van der Waals surface area contributed by atoms with Crippen molar-refractivity contribution in [3.8, 4) is 17.6 Å². The van der Waals surface area contributed by atoms with Crippen LogP contribution in [-0.2, 0) is 4.79 Å². The number of nitriles is 1. The van der Waals surface area contributed by atoms with Crippen LogP contribution >= 0.6 is 15.9 Å². The molecule has 1 amide bonds. The van der Waals surface area contributed by atoms with E-state index in [-0.39, 0.29) is 11.5 Å². The Bertz CT molecular complexity index is 659. The average molecular weight is 379 g/mol. The van der Waals surface area contributed by atoms with Gasteiger partial charge in [0.15, 0.2) is 11.5 Å². The summed E-state index contributed by atoms with van der Waals surface area (Å²) in [4.78, 5) is 14.1. The van der Waals surface area contributed by atoms with Crippen LogP contribution in [0.2, 0.25) is 0 Å². The highest BCUT2D eigenvalue weighted by atomic mass is 79.9. The van der Waals surface area contributed by atoms with Gasteiger partial charge in [-0.15, -0.1) is 0 Å². The van der Waals surface area contributed by atoms with E-state index in [0.717, 1.165) is 12.8 Å². The van der Waals surface area contributed by atoms with E-state index in [9.17, 15) is 10.1 Å². The Hall–Kier alpha value is -2.00. The number of amides is 1. The molecule has 1 aromatic carbocycles. The maximum atomic E-state index is 12.4. The van der Waals surface area contributed by atoms with E-state index in [2.05, 4.69) is 15.9 Å². The van der Waals surface area contributed by atoms with E-state index in [0.29, 0.717) is 41.2 Å². The fourth-order valence-electron chi connectivity index (χ4n) is 2.53. The number of likely N-dealkylation sites (tertiary alicyclic amines) is 1. The first-order chi connectivity index (χ1) is 11.1. The molecule has 0 N–H and O–H groups in total. The van der Waals surface area contributed by atoms with Crippen molar-refractivity contribution in [2.45, 2.75) is 19.8 Å². The van der Waals surface area contributed by atoms with E-state index in [1.54, 1.807) is 30.2 Å². The molecule has 1 aromatic rings. The first-order valence-electron chi connectivity index (χ1n) is 7.52. The molecule has 2 rings (SSSR count). The molecule has 1 fully saturated rings. The Morgan fingerprint density at radius 2 is 2.13 bits per heavy atom. The van der Waals surface area contributed by atoms with Gasteiger partial charge in [-0.25, -0.2) is 0 Å². The predicted octanol–water partition coefficient (Wildman–Crippen LogP) is 3.39. The van der Waals surface area contributed by atoms with Crippen molar-refractivity contribution < 1.29 is 14.3 Å². The first kappa shape index (κ1) is 17.4. The maximum Gasteiger partial charge on any atom is 0.264 e. The second kappa shape index (κ2) is 8.02. The molecule has 0 saturated carbocycles. The van der Waals surface area contributed by atoms with Crippen LogP contribution in [0.5, 0.6) is 11.5 Å². The summed E-state index contributed by atoms with van der Waals surface area (Å²) in [5, 5.41) is 9.33. The summed E-state index contributed by atoms with van der Waals surface area (Å²) in [5.74, 6) is 0.949. The molecule has 1 heterocycles. The number of carbonyl (C=O) groups is 1. The van der Waals surface area contributed by atoms with E-state index >= 15 is 0 Å². The molecular formula is C17H19BrN2O3. The minimum atomic E-state index is -0.213. The molecule has 23 heavy (non-hydrogen) atoms. The molecule has 6 heteroatoms. The lowest BCUT2D eigenvalue weighted by Crippen LogP contribution is -2.28. The molecule has 0 aromatic heterocycles. The van der Waals surface area contributed by atoms with Crippen LogP contribution in [-0.4, -0.2) is 37.6 Å². The van der Waals surface area contributed by atoms with Gasteiger partial charge in [-0.2, -0.15) is 5.26 Å². The number of nitrogens with zero attached hydrogens (tertiary/aromatic N) is 2. The monoisotopic (exact) mass is 378 g/mol. The second-order valence-corrected chi connectivity index (χ2v) is 5.99. The smallest absolute Gasteiger partial charge is 0.264 e. The quantitative estimate of drug-likeness (QED) is 0.581. The predicted molar refractivity (Wildman–Crippen MR) is 91.3 cm³/mol. The zero-order chi connectivity index (χ0) is 16.8. The van der Waals surface area contributed by atoms with Gasteiger partial charge < -0.3 is 14.4 Å². The Labute approximate surface area is 144 Å². The lowest BCUT2D eigenvalue weighted by atomic mass is 10.1. The molecule has 0 aliphatic carbocycles. The van der Waals surface area contributed by atoms with Gasteiger partial charge in [0.25, 0.3) is 5.91 Å². The molecule has 0 radical (unpaired) electrons. The number of ether oxygens (including phenoxy) is 2. The molecule has 0 unspecified atom stereocenters. The molecule has 0 spiro atoms. The number of hydrogen-bond acceptors (Lipinski definition) is 4. The van der Waals surface area contributed by atoms with Gasteiger partial charge in [0, 0.05) is 13.1 Å². The van der Waals surface area contributed by atoms with Crippen LogP contribution in [0.15, 0.2) is 22.2 Å². The fraction of sp³-hybridized carbons (Fsp3) is 0.412. The number of methoxy groups -OCH3 is 1. The van der Waals surface area contributed by atoms with E-state index < -0.39 is 0 Å². The summed E-state index contributed by atoms with van der Waals surface area (Å²) in [6, 6.07) is 5.58. The van der Waals surface area contributed by atoms with Gasteiger partial charge in [0.2, 0.25) is 0 Å².